The molecule has 0 aliphatic carbocycles. The predicted molar refractivity (Wildman–Crippen MR) is 53.0 cm³/mol. The minimum Gasteiger partial charge on any atom is -0.481 e. The van der Waals surface area contributed by atoms with Gasteiger partial charge in [-0.1, -0.05) is 6.08 Å². The molecule has 0 aliphatic rings. The van der Waals surface area contributed by atoms with E-state index in [2.05, 4.69) is 17.2 Å². The molecule has 0 aliphatic heterocycles. The van der Waals surface area contributed by atoms with Crippen LogP contribution in [0, 0.1) is 5.41 Å². The van der Waals surface area contributed by atoms with E-state index < -0.39 is 11.4 Å². The van der Waals surface area contributed by atoms with Crippen molar-refractivity contribution in [3.8, 4) is 0 Å². The Morgan fingerprint density at radius 3 is 2.43 bits per heavy atom. The molecule has 5 nitrogen and oxygen atoms in total. The highest BCUT2D eigenvalue weighted by Crippen LogP contribution is 2.12. The third-order valence-corrected chi connectivity index (χ3v) is 1.68. The molecule has 0 saturated heterocycles. The van der Waals surface area contributed by atoms with Crippen LogP contribution in [0.1, 0.15) is 13.8 Å². The maximum atomic E-state index is 11.0. The fourth-order valence-corrected chi connectivity index (χ4v) is 0.604. The summed E-state index contributed by atoms with van der Waals surface area (Å²) < 4.78 is 0. The molecule has 0 rings (SSSR count). The number of rotatable bonds is 5. The van der Waals surface area contributed by atoms with Crippen molar-refractivity contribution >= 4 is 12.0 Å². The molecule has 0 unspecified atom stereocenters. The summed E-state index contributed by atoms with van der Waals surface area (Å²) in [6.07, 6.45) is 1.54. The normalized spacial score (nSPS) is 10.4. The van der Waals surface area contributed by atoms with Crippen molar-refractivity contribution in [3.05, 3.63) is 12.7 Å². The average molecular weight is 200 g/mol. The highest BCUT2D eigenvalue weighted by atomic mass is 16.4. The van der Waals surface area contributed by atoms with Crippen molar-refractivity contribution in [2.24, 2.45) is 5.41 Å². The second-order valence-electron chi connectivity index (χ2n) is 3.54. The summed E-state index contributed by atoms with van der Waals surface area (Å²) in [7, 11) is 0. The molecule has 3 N–H and O–H groups in total. The summed E-state index contributed by atoms with van der Waals surface area (Å²) in [5.41, 5.74) is -0.953. The molecule has 80 valence electrons. The molecule has 0 saturated carbocycles. The summed E-state index contributed by atoms with van der Waals surface area (Å²) in [6, 6.07) is -0.390. The summed E-state index contributed by atoms with van der Waals surface area (Å²) >= 11 is 0. The molecule has 0 bridgehead atoms. The number of hydrogen-bond donors (Lipinski definition) is 3. The van der Waals surface area contributed by atoms with Crippen LogP contribution in [0.4, 0.5) is 4.79 Å². The van der Waals surface area contributed by atoms with E-state index in [0.717, 1.165) is 0 Å². The first kappa shape index (κ1) is 12.5. The van der Waals surface area contributed by atoms with Gasteiger partial charge < -0.3 is 15.7 Å². The van der Waals surface area contributed by atoms with Crippen LogP contribution in [-0.4, -0.2) is 30.2 Å². The van der Waals surface area contributed by atoms with Gasteiger partial charge in [0.15, 0.2) is 0 Å². The molecular formula is C9H16N2O3. The van der Waals surface area contributed by atoms with E-state index in [0.29, 0.717) is 6.54 Å². The van der Waals surface area contributed by atoms with Gasteiger partial charge in [-0.25, -0.2) is 4.79 Å². The standard InChI is InChI=1S/C9H16N2O3/c1-4-5-10-8(14)11-6-9(2,3)7(12)13/h4H,1,5-6H2,2-3H3,(H,12,13)(H2,10,11,14). The number of aliphatic carboxylic acids is 1. The number of carbonyl (C=O) groups is 2. The summed E-state index contributed by atoms with van der Waals surface area (Å²) in [6.45, 7) is 6.97. The Hall–Kier alpha value is -1.52. The van der Waals surface area contributed by atoms with E-state index in [1.54, 1.807) is 19.9 Å². The smallest absolute Gasteiger partial charge is 0.315 e. The zero-order valence-corrected chi connectivity index (χ0v) is 8.46. The maximum Gasteiger partial charge on any atom is 0.315 e. The zero-order valence-electron chi connectivity index (χ0n) is 8.46. The maximum absolute atomic E-state index is 11.0. The number of carboxylic acids is 1. The number of hydrogen-bond acceptors (Lipinski definition) is 2. The minimum absolute atomic E-state index is 0.0886. The molecule has 2 amide bonds. The van der Waals surface area contributed by atoms with Crippen LogP contribution in [0.25, 0.3) is 0 Å². The summed E-state index contributed by atoms with van der Waals surface area (Å²) in [5, 5.41) is 13.7. The lowest BCUT2D eigenvalue weighted by Gasteiger charge is -2.19. The monoisotopic (exact) mass is 200 g/mol. The Morgan fingerprint density at radius 1 is 1.43 bits per heavy atom. The SMILES string of the molecule is C=CCNC(=O)NCC(C)(C)C(=O)O. The lowest BCUT2D eigenvalue weighted by Crippen LogP contribution is -2.43. The molecule has 5 heteroatoms. The van der Waals surface area contributed by atoms with Crippen LogP contribution in [0.2, 0.25) is 0 Å². The first-order valence-electron chi connectivity index (χ1n) is 4.26. The Kier molecular flexibility index (Phi) is 4.69. The fourth-order valence-electron chi connectivity index (χ4n) is 0.604. The van der Waals surface area contributed by atoms with E-state index in [-0.39, 0.29) is 12.6 Å². The lowest BCUT2D eigenvalue weighted by molar-refractivity contribution is -0.146. The van der Waals surface area contributed by atoms with Gasteiger partial charge in [0.1, 0.15) is 0 Å². The van der Waals surface area contributed by atoms with Crippen LogP contribution in [-0.2, 0) is 4.79 Å². The van der Waals surface area contributed by atoms with Gasteiger partial charge in [0.25, 0.3) is 0 Å². The van der Waals surface area contributed by atoms with Gasteiger partial charge in [0, 0.05) is 13.1 Å². The number of carbonyl (C=O) groups excluding carboxylic acids is 1. The molecule has 0 atom stereocenters. The van der Waals surface area contributed by atoms with E-state index in [9.17, 15) is 9.59 Å². The molecule has 0 heterocycles. The van der Waals surface area contributed by atoms with E-state index in [1.807, 2.05) is 0 Å². The van der Waals surface area contributed by atoms with Gasteiger partial charge in [-0.05, 0) is 13.8 Å². The van der Waals surface area contributed by atoms with Crippen molar-refractivity contribution in [2.45, 2.75) is 13.8 Å². The number of amides is 2. The molecular weight excluding hydrogens is 184 g/mol. The second-order valence-corrected chi connectivity index (χ2v) is 3.54. The Bertz CT molecular complexity index is 236. The Balaban J connectivity index is 3.87. The number of nitrogens with one attached hydrogen (secondary N) is 2. The quantitative estimate of drug-likeness (QED) is 0.568. The van der Waals surface area contributed by atoms with Crippen LogP contribution >= 0.6 is 0 Å². The minimum atomic E-state index is -0.953. The molecule has 0 aromatic heterocycles. The van der Waals surface area contributed by atoms with E-state index >= 15 is 0 Å². The van der Waals surface area contributed by atoms with Gasteiger partial charge in [-0.2, -0.15) is 0 Å². The van der Waals surface area contributed by atoms with Crippen LogP contribution in [0.15, 0.2) is 12.7 Å². The van der Waals surface area contributed by atoms with Gasteiger partial charge >= 0.3 is 12.0 Å². The third-order valence-electron chi connectivity index (χ3n) is 1.68. The highest BCUT2D eigenvalue weighted by molar-refractivity contribution is 5.77. The summed E-state index contributed by atoms with van der Waals surface area (Å²) in [4.78, 5) is 21.7. The van der Waals surface area contributed by atoms with Gasteiger partial charge in [0.2, 0.25) is 0 Å². The first-order chi connectivity index (χ1) is 6.40. The van der Waals surface area contributed by atoms with Gasteiger partial charge in [-0.3, -0.25) is 4.79 Å². The first-order valence-corrected chi connectivity index (χ1v) is 4.26. The van der Waals surface area contributed by atoms with E-state index in [1.165, 1.54) is 0 Å². The molecule has 14 heavy (non-hydrogen) atoms. The molecule has 0 spiro atoms. The lowest BCUT2D eigenvalue weighted by atomic mass is 9.94. The third kappa shape index (κ3) is 4.49. The molecule has 0 aromatic rings. The van der Waals surface area contributed by atoms with Crippen LogP contribution < -0.4 is 10.6 Å². The summed E-state index contributed by atoms with van der Waals surface area (Å²) in [5.74, 6) is -0.943. The number of urea groups is 1. The molecule has 0 fully saturated rings. The average Bonchev–Trinajstić information content (AvgIpc) is 2.11. The zero-order chi connectivity index (χ0) is 11.2. The predicted octanol–water partition coefficient (Wildman–Crippen LogP) is 0.582. The Morgan fingerprint density at radius 2 is 2.00 bits per heavy atom. The van der Waals surface area contributed by atoms with Crippen molar-refractivity contribution < 1.29 is 14.7 Å². The van der Waals surface area contributed by atoms with Crippen molar-refractivity contribution in [1.82, 2.24) is 10.6 Å². The molecule has 0 radical (unpaired) electrons. The largest absolute Gasteiger partial charge is 0.481 e. The Labute approximate surface area is 83.2 Å². The van der Waals surface area contributed by atoms with Gasteiger partial charge in [-0.15, -0.1) is 6.58 Å². The fraction of sp³-hybridized carbons (Fsp3) is 0.556. The van der Waals surface area contributed by atoms with Crippen LogP contribution in [0.3, 0.4) is 0 Å². The van der Waals surface area contributed by atoms with Gasteiger partial charge in [0.05, 0.1) is 5.41 Å². The van der Waals surface area contributed by atoms with Crippen molar-refractivity contribution in [2.75, 3.05) is 13.1 Å². The van der Waals surface area contributed by atoms with E-state index in [4.69, 9.17) is 5.11 Å². The second kappa shape index (κ2) is 5.26. The van der Waals surface area contributed by atoms with Crippen LogP contribution in [0.5, 0.6) is 0 Å². The highest BCUT2D eigenvalue weighted by Gasteiger charge is 2.27. The van der Waals surface area contributed by atoms with Crippen molar-refractivity contribution in [1.29, 1.82) is 0 Å². The topological polar surface area (TPSA) is 78.4 Å². The van der Waals surface area contributed by atoms with Crippen molar-refractivity contribution in [3.63, 3.8) is 0 Å². The number of carboxylic acid groups (broad SMARTS) is 1. The molecule has 0 aromatic carbocycles.